The van der Waals surface area contributed by atoms with Crippen LogP contribution in [0.1, 0.15) is 36.9 Å². The summed E-state index contributed by atoms with van der Waals surface area (Å²) in [6, 6.07) is 22.2. The molecule has 5 rings (SSSR count). The predicted octanol–water partition coefficient (Wildman–Crippen LogP) is 6.15. The van der Waals surface area contributed by atoms with Gasteiger partial charge in [0.2, 0.25) is 5.82 Å². The van der Waals surface area contributed by atoms with Crippen molar-refractivity contribution in [1.29, 1.82) is 0 Å². The second-order valence-electron chi connectivity index (χ2n) is 8.71. The molecular weight excluding hydrogens is 468 g/mol. The zero-order valence-corrected chi connectivity index (χ0v) is 21.2. The number of amides is 2. The molecular formula is C29H28N4O4. The molecule has 0 aliphatic carbocycles. The van der Waals surface area contributed by atoms with Crippen LogP contribution in [0.5, 0.6) is 11.5 Å². The van der Waals surface area contributed by atoms with Crippen molar-refractivity contribution in [1.82, 2.24) is 15.5 Å². The van der Waals surface area contributed by atoms with Gasteiger partial charge in [0, 0.05) is 11.3 Å². The lowest BCUT2D eigenvalue weighted by Crippen LogP contribution is -2.46. The van der Waals surface area contributed by atoms with E-state index < -0.39 is 6.04 Å². The van der Waals surface area contributed by atoms with Gasteiger partial charge in [-0.05, 0) is 74.9 Å². The summed E-state index contributed by atoms with van der Waals surface area (Å²) in [6.07, 6.45) is 0. The van der Waals surface area contributed by atoms with Crippen molar-refractivity contribution in [3.8, 4) is 22.9 Å². The Bertz CT molecular complexity index is 1420. The molecule has 0 radical (unpaired) electrons. The second kappa shape index (κ2) is 10.2. The number of ether oxygens (including phenoxy) is 2. The van der Waals surface area contributed by atoms with Gasteiger partial charge in [0.15, 0.2) is 0 Å². The Morgan fingerprint density at radius 3 is 2.27 bits per heavy atom. The normalized spacial score (nSPS) is 15.5. The number of rotatable bonds is 7. The van der Waals surface area contributed by atoms with Crippen LogP contribution in [0.25, 0.3) is 17.0 Å². The van der Waals surface area contributed by atoms with Gasteiger partial charge in [0.25, 0.3) is 5.89 Å². The van der Waals surface area contributed by atoms with E-state index in [9.17, 15) is 4.79 Å². The lowest BCUT2D eigenvalue weighted by atomic mass is 9.94. The molecule has 8 heteroatoms. The van der Waals surface area contributed by atoms with Crippen LogP contribution in [-0.4, -0.2) is 29.9 Å². The summed E-state index contributed by atoms with van der Waals surface area (Å²) in [6.45, 7) is 6.42. The largest absolute Gasteiger partial charge is 0.497 e. The van der Waals surface area contributed by atoms with Crippen LogP contribution in [0, 0.1) is 6.92 Å². The van der Waals surface area contributed by atoms with E-state index in [1.807, 2.05) is 93.6 Å². The van der Waals surface area contributed by atoms with E-state index in [0.717, 1.165) is 39.4 Å². The molecule has 1 aliphatic heterocycles. The first-order chi connectivity index (χ1) is 18.0. The van der Waals surface area contributed by atoms with Crippen LogP contribution in [-0.2, 0) is 0 Å². The second-order valence-corrected chi connectivity index (χ2v) is 8.71. The topological polar surface area (TPSA) is 89.7 Å². The summed E-state index contributed by atoms with van der Waals surface area (Å²) in [4.78, 5) is 19.7. The van der Waals surface area contributed by atoms with Crippen molar-refractivity contribution in [3.63, 3.8) is 0 Å². The molecule has 0 saturated heterocycles. The molecule has 4 aromatic rings. The van der Waals surface area contributed by atoms with Gasteiger partial charge in [0.1, 0.15) is 11.5 Å². The lowest BCUT2D eigenvalue weighted by molar-refractivity contribution is 0.244. The monoisotopic (exact) mass is 496 g/mol. The minimum Gasteiger partial charge on any atom is -0.497 e. The molecule has 1 aromatic heterocycles. The first-order valence-electron chi connectivity index (χ1n) is 12.1. The summed E-state index contributed by atoms with van der Waals surface area (Å²) >= 11 is 0. The summed E-state index contributed by atoms with van der Waals surface area (Å²) in [7, 11) is 1.62. The van der Waals surface area contributed by atoms with Gasteiger partial charge in [-0.3, -0.25) is 4.90 Å². The molecule has 0 saturated carbocycles. The number of carbonyl (C=O) groups excluding carboxylic acids is 1. The van der Waals surface area contributed by atoms with E-state index in [1.165, 1.54) is 0 Å². The third-order valence-electron chi connectivity index (χ3n) is 6.31. The molecule has 0 bridgehead atoms. The van der Waals surface area contributed by atoms with Crippen LogP contribution in [0.2, 0.25) is 0 Å². The van der Waals surface area contributed by atoms with Crippen LogP contribution in [0.4, 0.5) is 10.5 Å². The van der Waals surface area contributed by atoms with Gasteiger partial charge in [-0.25, -0.2) is 4.79 Å². The average Bonchev–Trinajstić information content (AvgIpc) is 3.40. The summed E-state index contributed by atoms with van der Waals surface area (Å²) in [5.41, 5.74) is 4.95. The number of aryl methyl sites for hydroxylation is 1. The SMILES string of the molecule is CCOc1ccc(C2NC(=O)N(c3ccc(C)cc3)C(C)=C2c2nc(-c3ccc(OC)cc3)no2)cc1. The Labute approximate surface area is 215 Å². The van der Waals surface area contributed by atoms with Crippen molar-refractivity contribution in [2.24, 2.45) is 0 Å². The molecule has 3 aromatic carbocycles. The smallest absolute Gasteiger partial charge is 0.326 e. The molecule has 2 amide bonds. The molecule has 188 valence electrons. The molecule has 1 aliphatic rings. The summed E-state index contributed by atoms with van der Waals surface area (Å²) in [5, 5.41) is 7.37. The fourth-order valence-corrected chi connectivity index (χ4v) is 4.39. The predicted molar refractivity (Wildman–Crippen MR) is 141 cm³/mol. The zero-order valence-electron chi connectivity index (χ0n) is 21.2. The standard InChI is InChI=1S/C29H28N4O4/c1-5-36-24-16-8-20(9-17-24)26-25(19(3)33(29(34)30-26)22-12-6-18(2)7-13-22)28-31-27(32-37-28)21-10-14-23(35-4)15-11-21/h6-17,26H,5H2,1-4H3,(H,30,34). The van der Waals surface area contributed by atoms with E-state index in [0.29, 0.717) is 24.0 Å². The van der Waals surface area contributed by atoms with E-state index >= 15 is 0 Å². The Kier molecular flexibility index (Phi) is 6.64. The number of aromatic nitrogens is 2. The highest BCUT2D eigenvalue weighted by Gasteiger charge is 2.36. The fraction of sp³-hybridized carbons (Fsp3) is 0.207. The number of methoxy groups -OCH3 is 1. The number of nitrogens with zero attached hydrogens (tertiary/aromatic N) is 3. The maximum absolute atomic E-state index is 13.4. The van der Waals surface area contributed by atoms with Gasteiger partial charge in [-0.15, -0.1) is 0 Å². The molecule has 0 fully saturated rings. The van der Waals surface area contributed by atoms with Crippen molar-refractivity contribution in [2.75, 3.05) is 18.6 Å². The third kappa shape index (κ3) is 4.78. The van der Waals surface area contributed by atoms with Crippen molar-refractivity contribution < 1.29 is 18.8 Å². The van der Waals surface area contributed by atoms with Gasteiger partial charge >= 0.3 is 6.03 Å². The number of urea groups is 1. The van der Waals surface area contributed by atoms with Crippen molar-refractivity contribution in [3.05, 3.63) is 95.5 Å². The van der Waals surface area contributed by atoms with Gasteiger partial charge < -0.3 is 19.3 Å². The molecule has 1 N–H and O–H groups in total. The third-order valence-corrected chi connectivity index (χ3v) is 6.31. The molecule has 2 heterocycles. The maximum Gasteiger partial charge on any atom is 0.326 e. The van der Waals surface area contributed by atoms with Crippen LogP contribution in [0.3, 0.4) is 0 Å². The Morgan fingerprint density at radius 1 is 0.946 bits per heavy atom. The molecule has 1 atom stereocenters. The van der Waals surface area contributed by atoms with E-state index in [2.05, 4.69) is 10.5 Å². The Balaban J connectivity index is 1.60. The summed E-state index contributed by atoms with van der Waals surface area (Å²) < 4.78 is 16.6. The number of benzene rings is 3. The minimum absolute atomic E-state index is 0.237. The number of allylic oxidation sites excluding steroid dienone is 1. The first kappa shape index (κ1) is 24.1. The van der Waals surface area contributed by atoms with Gasteiger partial charge in [-0.1, -0.05) is 35.0 Å². The number of nitrogens with one attached hydrogen (secondary N) is 1. The quantitative estimate of drug-likeness (QED) is 0.330. The number of carbonyl (C=O) groups is 1. The number of hydrogen-bond donors (Lipinski definition) is 1. The Hall–Kier alpha value is -4.59. The van der Waals surface area contributed by atoms with E-state index in [1.54, 1.807) is 12.0 Å². The fourth-order valence-electron chi connectivity index (χ4n) is 4.39. The first-order valence-corrected chi connectivity index (χ1v) is 12.1. The number of hydrogen-bond acceptors (Lipinski definition) is 6. The molecule has 37 heavy (non-hydrogen) atoms. The van der Waals surface area contributed by atoms with E-state index in [-0.39, 0.29) is 6.03 Å². The van der Waals surface area contributed by atoms with Crippen LogP contribution in [0.15, 0.2) is 83.0 Å². The average molecular weight is 497 g/mol. The number of anilines is 1. The van der Waals surface area contributed by atoms with Gasteiger partial charge in [-0.2, -0.15) is 4.98 Å². The summed E-state index contributed by atoms with van der Waals surface area (Å²) in [5.74, 6) is 2.28. The van der Waals surface area contributed by atoms with Gasteiger partial charge in [0.05, 0.1) is 31.0 Å². The minimum atomic E-state index is -0.492. The molecule has 0 spiro atoms. The van der Waals surface area contributed by atoms with Crippen LogP contribution < -0.4 is 19.7 Å². The highest BCUT2D eigenvalue weighted by atomic mass is 16.5. The highest BCUT2D eigenvalue weighted by Crippen LogP contribution is 2.39. The van der Waals surface area contributed by atoms with Crippen LogP contribution >= 0.6 is 0 Å². The molecule has 8 nitrogen and oxygen atoms in total. The Morgan fingerprint density at radius 2 is 1.62 bits per heavy atom. The highest BCUT2D eigenvalue weighted by molar-refractivity contribution is 6.01. The van der Waals surface area contributed by atoms with Crippen molar-refractivity contribution >= 4 is 17.3 Å². The zero-order chi connectivity index (χ0) is 25.9. The maximum atomic E-state index is 13.4. The van der Waals surface area contributed by atoms with E-state index in [4.69, 9.17) is 19.0 Å². The van der Waals surface area contributed by atoms with Crippen molar-refractivity contribution in [2.45, 2.75) is 26.8 Å². The molecule has 1 unspecified atom stereocenters. The lowest BCUT2D eigenvalue weighted by Gasteiger charge is -2.35.